The summed E-state index contributed by atoms with van der Waals surface area (Å²) in [5.41, 5.74) is 3.81. The highest BCUT2D eigenvalue weighted by atomic mass is 16.5. The summed E-state index contributed by atoms with van der Waals surface area (Å²) in [6.45, 7) is 14.7. The molecule has 0 aliphatic rings. The molecule has 0 spiro atoms. The van der Waals surface area contributed by atoms with Crippen LogP contribution in [0.15, 0.2) is 12.1 Å². The van der Waals surface area contributed by atoms with E-state index in [9.17, 15) is 0 Å². The Morgan fingerprint density at radius 3 is 2.39 bits per heavy atom. The summed E-state index contributed by atoms with van der Waals surface area (Å²) in [6, 6.07) is 4.85. The van der Waals surface area contributed by atoms with Gasteiger partial charge >= 0.3 is 0 Å². The van der Waals surface area contributed by atoms with Crippen LogP contribution in [0.5, 0.6) is 5.75 Å². The minimum Gasteiger partial charge on any atom is -0.492 e. The van der Waals surface area contributed by atoms with Crippen molar-refractivity contribution in [1.29, 1.82) is 0 Å². The minimum absolute atomic E-state index is 0.536. The molecule has 0 aromatic heterocycles. The van der Waals surface area contributed by atoms with Crippen LogP contribution >= 0.6 is 0 Å². The molecule has 0 radical (unpaired) electrons. The minimum atomic E-state index is 0.536. The fourth-order valence-electron chi connectivity index (χ4n) is 1.83. The Morgan fingerprint density at radius 2 is 1.78 bits per heavy atom. The van der Waals surface area contributed by atoms with Gasteiger partial charge in [-0.25, -0.2) is 0 Å². The molecule has 0 aliphatic carbocycles. The van der Waals surface area contributed by atoms with Gasteiger partial charge in [0.25, 0.3) is 0 Å². The van der Waals surface area contributed by atoms with Crippen molar-refractivity contribution in [3.63, 3.8) is 0 Å². The zero-order valence-electron chi connectivity index (χ0n) is 12.6. The van der Waals surface area contributed by atoms with Crippen LogP contribution in [0.2, 0.25) is 0 Å². The van der Waals surface area contributed by atoms with Gasteiger partial charge in [-0.1, -0.05) is 19.9 Å². The van der Waals surface area contributed by atoms with Crippen LogP contribution in [-0.4, -0.2) is 19.2 Å². The molecule has 0 amide bonds. The number of benzene rings is 1. The van der Waals surface area contributed by atoms with Crippen LogP contribution < -0.4 is 10.1 Å². The van der Waals surface area contributed by atoms with E-state index in [1.807, 2.05) is 0 Å². The van der Waals surface area contributed by atoms with E-state index in [4.69, 9.17) is 4.74 Å². The van der Waals surface area contributed by atoms with Crippen molar-refractivity contribution in [2.75, 3.05) is 13.2 Å². The Balaban J connectivity index is 2.45. The lowest BCUT2D eigenvalue weighted by Crippen LogP contribution is -2.33. The molecule has 0 heterocycles. The SMILES string of the molecule is Cc1cc(C)c(C)c(OCCNC(C)C(C)C)c1. The average Bonchev–Trinajstić information content (AvgIpc) is 2.29. The van der Waals surface area contributed by atoms with Crippen LogP contribution in [0.3, 0.4) is 0 Å². The number of hydrogen-bond donors (Lipinski definition) is 1. The van der Waals surface area contributed by atoms with Gasteiger partial charge in [-0.15, -0.1) is 0 Å². The van der Waals surface area contributed by atoms with Gasteiger partial charge in [0.1, 0.15) is 12.4 Å². The van der Waals surface area contributed by atoms with Crippen molar-refractivity contribution in [3.05, 3.63) is 28.8 Å². The first-order chi connectivity index (χ1) is 8.41. The number of ether oxygens (including phenoxy) is 1. The summed E-state index contributed by atoms with van der Waals surface area (Å²) in [5.74, 6) is 1.68. The third-order valence-electron chi connectivity index (χ3n) is 3.59. The number of rotatable bonds is 6. The van der Waals surface area contributed by atoms with Crippen LogP contribution in [0.4, 0.5) is 0 Å². The Labute approximate surface area is 112 Å². The quantitative estimate of drug-likeness (QED) is 0.777. The van der Waals surface area contributed by atoms with E-state index < -0.39 is 0 Å². The van der Waals surface area contributed by atoms with Gasteiger partial charge in [-0.2, -0.15) is 0 Å². The van der Waals surface area contributed by atoms with Crippen LogP contribution in [0.25, 0.3) is 0 Å². The van der Waals surface area contributed by atoms with Gasteiger partial charge < -0.3 is 10.1 Å². The molecule has 1 N–H and O–H groups in total. The summed E-state index contributed by atoms with van der Waals surface area (Å²) >= 11 is 0. The first-order valence-electron chi connectivity index (χ1n) is 6.86. The van der Waals surface area contributed by atoms with Crippen LogP contribution in [0, 0.1) is 26.7 Å². The Morgan fingerprint density at radius 1 is 1.11 bits per heavy atom. The van der Waals surface area contributed by atoms with Gasteiger partial charge in [-0.05, 0) is 56.4 Å². The fraction of sp³-hybridized carbons (Fsp3) is 0.625. The molecule has 1 atom stereocenters. The summed E-state index contributed by atoms with van der Waals surface area (Å²) in [6.07, 6.45) is 0. The van der Waals surface area contributed by atoms with Crippen molar-refractivity contribution >= 4 is 0 Å². The maximum absolute atomic E-state index is 5.87. The molecule has 0 aliphatic heterocycles. The van der Waals surface area contributed by atoms with Crippen LogP contribution in [-0.2, 0) is 0 Å². The monoisotopic (exact) mass is 249 g/mol. The van der Waals surface area contributed by atoms with Gasteiger partial charge in [0.05, 0.1) is 0 Å². The largest absolute Gasteiger partial charge is 0.492 e. The third kappa shape index (κ3) is 4.34. The second-order valence-corrected chi connectivity index (χ2v) is 5.54. The topological polar surface area (TPSA) is 21.3 Å². The molecule has 1 unspecified atom stereocenters. The maximum atomic E-state index is 5.87. The number of aryl methyl sites for hydroxylation is 2. The molecule has 102 valence electrons. The molecule has 1 aromatic carbocycles. The molecule has 0 saturated carbocycles. The summed E-state index contributed by atoms with van der Waals surface area (Å²) < 4.78 is 5.87. The Hall–Kier alpha value is -1.02. The maximum Gasteiger partial charge on any atom is 0.122 e. The van der Waals surface area contributed by atoms with E-state index in [0.29, 0.717) is 12.0 Å². The highest BCUT2D eigenvalue weighted by Crippen LogP contribution is 2.23. The predicted molar refractivity (Wildman–Crippen MR) is 78.5 cm³/mol. The average molecular weight is 249 g/mol. The molecule has 1 rings (SSSR count). The highest BCUT2D eigenvalue weighted by molar-refractivity contribution is 5.41. The molecule has 0 fully saturated rings. The zero-order chi connectivity index (χ0) is 13.7. The normalized spacial score (nSPS) is 12.8. The van der Waals surface area contributed by atoms with E-state index >= 15 is 0 Å². The van der Waals surface area contributed by atoms with E-state index in [2.05, 4.69) is 59.0 Å². The Bertz CT molecular complexity index is 385. The number of nitrogens with one attached hydrogen (secondary N) is 1. The summed E-state index contributed by atoms with van der Waals surface area (Å²) in [4.78, 5) is 0. The molecule has 2 nitrogen and oxygen atoms in total. The molecule has 18 heavy (non-hydrogen) atoms. The smallest absolute Gasteiger partial charge is 0.122 e. The van der Waals surface area contributed by atoms with E-state index in [1.165, 1.54) is 16.7 Å². The van der Waals surface area contributed by atoms with Crippen LogP contribution in [0.1, 0.15) is 37.5 Å². The zero-order valence-corrected chi connectivity index (χ0v) is 12.6. The lowest BCUT2D eigenvalue weighted by atomic mass is 10.1. The molecule has 0 bridgehead atoms. The summed E-state index contributed by atoms with van der Waals surface area (Å²) in [7, 11) is 0. The number of hydrogen-bond acceptors (Lipinski definition) is 2. The molecule has 0 saturated heterocycles. The van der Waals surface area contributed by atoms with E-state index in [1.54, 1.807) is 0 Å². The fourth-order valence-corrected chi connectivity index (χ4v) is 1.83. The standard InChI is InChI=1S/C16H27NO/c1-11(2)15(6)17-7-8-18-16-10-12(3)9-13(4)14(16)5/h9-11,15,17H,7-8H2,1-6H3. The first-order valence-corrected chi connectivity index (χ1v) is 6.86. The first kappa shape index (κ1) is 15.0. The Kier molecular flexibility index (Phi) is 5.67. The highest BCUT2D eigenvalue weighted by Gasteiger charge is 2.06. The second-order valence-electron chi connectivity index (χ2n) is 5.54. The van der Waals surface area contributed by atoms with Crippen molar-refractivity contribution in [2.24, 2.45) is 5.92 Å². The molecule has 1 aromatic rings. The van der Waals surface area contributed by atoms with Gasteiger partial charge in [-0.3, -0.25) is 0 Å². The third-order valence-corrected chi connectivity index (χ3v) is 3.59. The van der Waals surface area contributed by atoms with Gasteiger partial charge in [0, 0.05) is 12.6 Å². The van der Waals surface area contributed by atoms with Crippen molar-refractivity contribution < 1.29 is 4.74 Å². The van der Waals surface area contributed by atoms with Crippen molar-refractivity contribution in [2.45, 2.75) is 47.6 Å². The molecular weight excluding hydrogens is 222 g/mol. The van der Waals surface area contributed by atoms with Crippen molar-refractivity contribution in [3.8, 4) is 5.75 Å². The second kappa shape index (κ2) is 6.79. The predicted octanol–water partition coefficient (Wildman–Crippen LogP) is 3.62. The summed E-state index contributed by atoms with van der Waals surface area (Å²) in [5, 5.41) is 3.48. The van der Waals surface area contributed by atoms with Gasteiger partial charge in [0.15, 0.2) is 0 Å². The van der Waals surface area contributed by atoms with E-state index in [0.717, 1.165) is 18.9 Å². The van der Waals surface area contributed by atoms with Gasteiger partial charge in [0.2, 0.25) is 0 Å². The van der Waals surface area contributed by atoms with E-state index in [-0.39, 0.29) is 0 Å². The lowest BCUT2D eigenvalue weighted by molar-refractivity contribution is 0.295. The molecular formula is C16H27NO. The molecule has 2 heteroatoms. The van der Waals surface area contributed by atoms with Crippen molar-refractivity contribution in [1.82, 2.24) is 5.32 Å². The lowest BCUT2D eigenvalue weighted by Gasteiger charge is -2.18.